The van der Waals surface area contributed by atoms with Gasteiger partial charge in [-0.2, -0.15) is 5.10 Å². The number of benzene rings is 1. The van der Waals surface area contributed by atoms with Gasteiger partial charge in [-0.3, -0.25) is 9.48 Å². The van der Waals surface area contributed by atoms with E-state index in [1.165, 1.54) is 6.07 Å². The summed E-state index contributed by atoms with van der Waals surface area (Å²) in [7, 11) is 1.79. The number of nitrogens with zero attached hydrogens (tertiary/aromatic N) is 2. The van der Waals surface area contributed by atoms with E-state index in [2.05, 4.69) is 10.4 Å². The second-order valence-electron chi connectivity index (χ2n) is 5.61. The number of carbonyl (C=O) groups excluding carboxylic acids is 1. The minimum atomic E-state index is -0.768. The molecule has 0 aliphatic carbocycles. The molecule has 0 aliphatic heterocycles. The SMILES string of the molecule is CCc1cc(CC(=O)N[C@H](C)COc2c(F)cccc2F)n(C)n1. The molecular formula is C17H21F2N3O2. The molecule has 1 atom stereocenters. The van der Waals surface area contributed by atoms with Crippen LogP contribution in [0.3, 0.4) is 0 Å². The van der Waals surface area contributed by atoms with Crippen LogP contribution in [0.15, 0.2) is 24.3 Å². The zero-order valence-electron chi connectivity index (χ0n) is 14.0. The molecule has 0 fully saturated rings. The van der Waals surface area contributed by atoms with Crippen LogP contribution in [-0.2, 0) is 24.7 Å². The molecule has 0 radical (unpaired) electrons. The summed E-state index contributed by atoms with van der Waals surface area (Å²) < 4.78 is 33.8. The van der Waals surface area contributed by atoms with Crippen LogP contribution in [0.25, 0.3) is 0 Å². The molecule has 2 aromatic rings. The van der Waals surface area contributed by atoms with Crippen LogP contribution in [0.5, 0.6) is 5.75 Å². The fourth-order valence-corrected chi connectivity index (χ4v) is 2.27. The molecular weight excluding hydrogens is 316 g/mol. The zero-order chi connectivity index (χ0) is 17.7. The van der Waals surface area contributed by atoms with Gasteiger partial charge < -0.3 is 10.1 Å². The molecule has 0 aliphatic rings. The standard InChI is InChI=1S/C17H21F2N3O2/c1-4-12-8-13(22(3)21-12)9-16(23)20-11(2)10-24-17-14(18)6-5-7-15(17)19/h5-8,11H,4,9-10H2,1-3H3,(H,20,23)/t11-/m1/s1. The van der Waals surface area contributed by atoms with E-state index >= 15 is 0 Å². The number of nitrogens with one attached hydrogen (secondary N) is 1. The predicted molar refractivity (Wildman–Crippen MR) is 85.7 cm³/mol. The number of halogens is 2. The van der Waals surface area contributed by atoms with Gasteiger partial charge in [0.25, 0.3) is 0 Å². The normalized spacial score (nSPS) is 12.0. The Kier molecular flexibility index (Phi) is 5.89. The first kappa shape index (κ1) is 17.9. The van der Waals surface area contributed by atoms with Gasteiger partial charge in [0.1, 0.15) is 6.61 Å². The molecule has 5 nitrogen and oxygen atoms in total. The van der Waals surface area contributed by atoms with Gasteiger partial charge in [-0.25, -0.2) is 8.78 Å². The Morgan fingerprint density at radius 1 is 1.38 bits per heavy atom. The van der Waals surface area contributed by atoms with Crippen LogP contribution < -0.4 is 10.1 Å². The number of aromatic nitrogens is 2. The van der Waals surface area contributed by atoms with E-state index in [0.717, 1.165) is 29.9 Å². The van der Waals surface area contributed by atoms with Crippen LogP contribution in [0.2, 0.25) is 0 Å². The van der Waals surface area contributed by atoms with Crippen LogP contribution in [0.1, 0.15) is 25.2 Å². The minimum absolute atomic E-state index is 0.0325. The molecule has 1 amide bonds. The molecule has 1 aromatic heterocycles. The number of hydrogen-bond donors (Lipinski definition) is 1. The van der Waals surface area contributed by atoms with Crippen molar-refractivity contribution in [2.45, 2.75) is 32.7 Å². The van der Waals surface area contributed by atoms with Crippen molar-refractivity contribution in [1.29, 1.82) is 0 Å². The Balaban J connectivity index is 1.86. The van der Waals surface area contributed by atoms with Crippen molar-refractivity contribution in [2.75, 3.05) is 6.61 Å². The average Bonchev–Trinajstić information content (AvgIpc) is 2.87. The lowest BCUT2D eigenvalue weighted by Gasteiger charge is -2.15. The maximum atomic E-state index is 13.5. The van der Waals surface area contributed by atoms with Crippen LogP contribution in [0, 0.1) is 11.6 Å². The zero-order valence-corrected chi connectivity index (χ0v) is 14.0. The largest absolute Gasteiger partial charge is 0.485 e. The second-order valence-corrected chi connectivity index (χ2v) is 5.61. The van der Waals surface area contributed by atoms with Gasteiger partial charge in [0.05, 0.1) is 18.2 Å². The topological polar surface area (TPSA) is 56.1 Å². The first-order valence-electron chi connectivity index (χ1n) is 7.78. The number of amides is 1. The Hall–Kier alpha value is -2.44. The monoisotopic (exact) mass is 337 g/mol. The van der Waals surface area contributed by atoms with E-state index < -0.39 is 23.4 Å². The van der Waals surface area contributed by atoms with Crippen molar-refractivity contribution in [1.82, 2.24) is 15.1 Å². The third kappa shape index (κ3) is 4.53. The lowest BCUT2D eigenvalue weighted by Crippen LogP contribution is -2.38. The summed E-state index contributed by atoms with van der Waals surface area (Å²) in [5.74, 6) is -2.17. The van der Waals surface area contributed by atoms with Crippen LogP contribution >= 0.6 is 0 Å². The quantitative estimate of drug-likeness (QED) is 0.844. The molecule has 0 saturated heterocycles. The van der Waals surface area contributed by atoms with Crippen molar-refractivity contribution in [3.05, 3.63) is 47.3 Å². The molecule has 7 heteroatoms. The molecule has 0 bridgehead atoms. The molecule has 130 valence electrons. The summed E-state index contributed by atoms with van der Waals surface area (Å²) in [5.41, 5.74) is 1.73. The summed E-state index contributed by atoms with van der Waals surface area (Å²) >= 11 is 0. The number of para-hydroxylation sites is 1. The highest BCUT2D eigenvalue weighted by Crippen LogP contribution is 2.20. The molecule has 24 heavy (non-hydrogen) atoms. The van der Waals surface area contributed by atoms with Crippen molar-refractivity contribution >= 4 is 5.91 Å². The van der Waals surface area contributed by atoms with E-state index in [4.69, 9.17) is 4.74 Å². The maximum Gasteiger partial charge on any atom is 0.226 e. The van der Waals surface area contributed by atoms with Gasteiger partial charge in [-0.15, -0.1) is 0 Å². The van der Waals surface area contributed by atoms with Crippen molar-refractivity contribution in [2.24, 2.45) is 7.05 Å². The highest BCUT2D eigenvalue weighted by Gasteiger charge is 2.14. The number of aryl methyl sites for hydroxylation is 2. The van der Waals surface area contributed by atoms with Gasteiger partial charge in [0.15, 0.2) is 17.4 Å². The number of hydrogen-bond acceptors (Lipinski definition) is 3. The molecule has 1 heterocycles. The Labute approximate surface area is 139 Å². The highest BCUT2D eigenvalue weighted by molar-refractivity contribution is 5.78. The summed E-state index contributed by atoms with van der Waals surface area (Å²) in [6.45, 7) is 3.67. The fourth-order valence-electron chi connectivity index (χ4n) is 2.27. The average molecular weight is 337 g/mol. The minimum Gasteiger partial charge on any atom is -0.485 e. The second kappa shape index (κ2) is 7.90. The van der Waals surface area contributed by atoms with E-state index in [1.807, 2.05) is 13.0 Å². The summed E-state index contributed by atoms with van der Waals surface area (Å²) in [6, 6.07) is 5.00. The summed E-state index contributed by atoms with van der Waals surface area (Å²) in [6.07, 6.45) is 0.982. The molecule has 1 N–H and O–H groups in total. The highest BCUT2D eigenvalue weighted by atomic mass is 19.1. The van der Waals surface area contributed by atoms with Crippen molar-refractivity contribution in [3.63, 3.8) is 0 Å². The van der Waals surface area contributed by atoms with Crippen molar-refractivity contribution in [3.8, 4) is 5.75 Å². The molecule has 0 saturated carbocycles. The third-order valence-corrected chi connectivity index (χ3v) is 3.54. The van der Waals surface area contributed by atoms with Crippen LogP contribution in [0.4, 0.5) is 8.78 Å². The van der Waals surface area contributed by atoms with E-state index in [0.29, 0.717) is 0 Å². The van der Waals surface area contributed by atoms with Gasteiger partial charge in [-0.05, 0) is 31.5 Å². The smallest absolute Gasteiger partial charge is 0.226 e. The Morgan fingerprint density at radius 3 is 2.62 bits per heavy atom. The van der Waals surface area contributed by atoms with Gasteiger partial charge >= 0.3 is 0 Å². The summed E-state index contributed by atoms with van der Waals surface area (Å²) in [4.78, 5) is 12.1. The maximum absolute atomic E-state index is 13.5. The first-order valence-corrected chi connectivity index (χ1v) is 7.78. The fraction of sp³-hybridized carbons (Fsp3) is 0.412. The Bertz CT molecular complexity index is 696. The van der Waals surface area contributed by atoms with Gasteiger partial charge in [0.2, 0.25) is 5.91 Å². The van der Waals surface area contributed by atoms with E-state index in [9.17, 15) is 13.6 Å². The molecule has 1 aromatic carbocycles. The van der Waals surface area contributed by atoms with Gasteiger partial charge in [-0.1, -0.05) is 13.0 Å². The van der Waals surface area contributed by atoms with E-state index in [-0.39, 0.29) is 18.9 Å². The number of ether oxygens (including phenoxy) is 1. The lowest BCUT2D eigenvalue weighted by molar-refractivity contribution is -0.121. The molecule has 0 spiro atoms. The number of rotatable bonds is 7. The molecule has 0 unspecified atom stereocenters. The summed E-state index contributed by atoms with van der Waals surface area (Å²) in [5, 5.41) is 7.03. The van der Waals surface area contributed by atoms with E-state index in [1.54, 1.807) is 18.7 Å². The Morgan fingerprint density at radius 2 is 2.04 bits per heavy atom. The lowest BCUT2D eigenvalue weighted by atomic mass is 10.2. The third-order valence-electron chi connectivity index (χ3n) is 3.54. The molecule has 2 rings (SSSR count). The predicted octanol–water partition coefficient (Wildman–Crippen LogP) is 2.39. The first-order chi connectivity index (χ1) is 11.4. The van der Waals surface area contributed by atoms with Crippen LogP contribution in [-0.4, -0.2) is 28.3 Å². The van der Waals surface area contributed by atoms with Gasteiger partial charge in [0, 0.05) is 12.7 Å². The number of carbonyl (C=O) groups is 1. The van der Waals surface area contributed by atoms with Crippen molar-refractivity contribution < 1.29 is 18.3 Å².